The predicted octanol–water partition coefficient (Wildman–Crippen LogP) is 3.02. The minimum atomic E-state index is -0.177. The highest BCUT2D eigenvalue weighted by Crippen LogP contribution is 2.30. The largest absolute Gasteiger partial charge is 0.338 e. The molecule has 2 heterocycles. The second kappa shape index (κ2) is 4.41. The number of rotatable bonds is 2. The molecular formula is C12H12N2O2S. The van der Waals surface area contributed by atoms with Gasteiger partial charge < -0.3 is 4.52 Å². The van der Waals surface area contributed by atoms with Gasteiger partial charge in [0.25, 0.3) is 0 Å². The number of hydrogen-bond donors (Lipinski definition) is 0. The topological polar surface area (TPSA) is 56.0 Å². The van der Waals surface area contributed by atoms with Gasteiger partial charge in [-0.3, -0.25) is 4.79 Å². The van der Waals surface area contributed by atoms with E-state index in [0.717, 1.165) is 24.8 Å². The maximum absolute atomic E-state index is 11.8. The fraction of sp³-hybridized carbons (Fsp3) is 0.417. The number of Topliss-reactive ketones (excluding diaryl/α,β-unsaturated/α-hetero) is 1. The van der Waals surface area contributed by atoms with Gasteiger partial charge >= 0.3 is 0 Å². The van der Waals surface area contributed by atoms with Gasteiger partial charge in [0.05, 0.1) is 5.92 Å². The Balaban J connectivity index is 1.87. The summed E-state index contributed by atoms with van der Waals surface area (Å²) in [6.07, 6.45) is 3.53. The van der Waals surface area contributed by atoms with Crippen LogP contribution in [0, 0.1) is 0 Å². The smallest absolute Gasteiger partial charge is 0.237 e. The molecule has 5 heteroatoms. The molecule has 1 atom stereocenters. The molecule has 88 valence electrons. The molecule has 17 heavy (non-hydrogen) atoms. The molecule has 0 aromatic carbocycles. The number of hydrogen-bond acceptors (Lipinski definition) is 5. The average molecular weight is 248 g/mol. The first kappa shape index (κ1) is 10.7. The maximum atomic E-state index is 11.8. The summed E-state index contributed by atoms with van der Waals surface area (Å²) in [5, 5.41) is 7.88. The van der Waals surface area contributed by atoms with Gasteiger partial charge in [0, 0.05) is 17.4 Å². The van der Waals surface area contributed by atoms with Crippen LogP contribution in [0.4, 0.5) is 0 Å². The molecule has 3 rings (SSSR count). The van der Waals surface area contributed by atoms with Crippen molar-refractivity contribution in [2.75, 3.05) is 0 Å². The van der Waals surface area contributed by atoms with E-state index in [0.29, 0.717) is 18.1 Å². The van der Waals surface area contributed by atoms with Crippen molar-refractivity contribution in [1.82, 2.24) is 10.1 Å². The number of carbonyl (C=O) groups is 1. The van der Waals surface area contributed by atoms with Gasteiger partial charge in [0.15, 0.2) is 0 Å². The molecule has 1 saturated carbocycles. The van der Waals surface area contributed by atoms with Crippen LogP contribution < -0.4 is 0 Å². The number of ketones is 1. The van der Waals surface area contributed by atoms with Gasteiger partial charge in [0.2, 0.25) is 11.7 Å². The molecule has 0 bridgehead atoms. The molecule has 0 N–H and O–H groups in total. The van der Waals surface area contributed by atoms with Crippen molar-refractivity contribution in [3.63, 3.8) is 0 Å². The van der Waals surface area contributed by atoms with E-state index in [2.05, 4.69) is 10.1 Å². The van der Waals surface area contributed by atoms with Crippen LogP contribution in [-0.2, 0) is 4.79 Å². The Morgan fingerprint density at radius 2 is 2.35 bits per heavy atom. The maximum Gasteiger partial charge on any atom is 0.237 e. The molecule has 0 spiro atoms. The lowest BCUT2D eigenvalue weighted by Gasteiger charge is -2.16. The highest BCUT2D eigenvalue weighted by atomic mass is 32.1. The molecule has 1 aliphatic rings. The lowest BCUT2D eigenvalue weighted by atomic mass is 9.88. The minimum Gasteiger partial charge on any atom is -0.338 e. The Hall–Kier alpha value is -1.49. The second-order valence-corrected chi connectivity index (χ2v) is 5.01. The van der Waals surface area contributed by atoms with Crippen molar-refractivity contribution >= 4 is 17.1 Å². The summed E-state index contributed by atoms with van der Waals surface area (Å²) in [5.41, 5.74) is 0.952. The van der Waals surface area contributed by atoms with Crippen LogP contribution >= 0.6 is 11.3 Å². The Morgan fingerprint density at radius 1 is 1.41 bits per heavy atom. The van der Waals surface area contributed by atoms with Gasteiger partial charge in [-0.2, -0.15) is 16.3 Å². The van der Waals surface area contributed by atoms with Crippen molar-refractivity contribution in [1.29, 1.82) is 0 Å². The molecule has 0 aliphatic heterocycles. The molecule has 2 aromatic heterocycles. The van der Waals surface area contributed by atoms with E-state index in [1.165, 1.54) is 0 Å². The molecule has 2 aromatic rings. The van der Waals surface area contributed by atoms with Crippen LogP contribution in [-0.4, -0.2) is 15.9 Å². The van der Waals surface area contributed by atoms with Crippen molar-refractivity contribution in [3.05, 3.63) is 22.7 Å². The zero-order chi connectivity index (χ0) is 11.7. The number of aromatic nitrogens is 2. The van der Waals surface area contributed by atoms with Crippen molar-refractivity contribution in [2.45, 2.75) is 31.6 Å². The van der Waals surface area contributed by atoms with E-state index in [4.69, 9.17) is 4.52 Å². The Labute approximate surface area is 103 Å². The highest BCUT2D eigenvalue weighted by Gasteiger charge is 2.29. The standard InChI is InChI=1S/C12H12N2O2S/c15-10-4-2-1-3-9(10)12-13-11(14-16-12)8-5-6-17-7-8/h5-7,9H,1-4H2. The second-order valence-electron chi connectivity index (χ2n) is 4.23. The van der Waals surface area contributed by atoms with Crippen LogP contribution in [0.25, 0.3) is 11.4 Å². The summed E-state index contributed by atoms with van der Waals surface area (Å²) in [5.74, 6) is 1.12. The lowest BCUT2D eigenvalue weighted by Crippen LogP contribution is -2.17. The van der Waals surface area contributed by atoms with E-state index in [-0.39, 0.29) is 11.7 Å². The van der Waals surface area contributed by atoms with Gasteiger partial charge in [-0.05, 0) is 24.3 Å². The number of nitrogens with zero attached hydrogens (tertiary/aromatic N) is 2. The first-order valence-corrected chi connectivity index (χ1v) is 6.68. The summed E-state index contributed by atoms with van der Waals surface area (Å²) in [4.78, 5) is 16.1. The lowest BCUT2D eigenvalue weighted by molar-refractivity contribution is -0.122. The highest BCUT2D eigenvalue weighted by molar-refractivity contribution is 7.08. The zero-order valence-corrected chi connectivity index (χ0v) is 10.1. The number of carbonyl (C=O) groups excluding carboxylic acids is 1. The van der Waals surface area contributed by atoms with Crippen LogP contribution in [0.3, 0.4) is 0 Å². The predicted molar refractivity (Wildman–Crippen MR) is 63.8 cm³/mol. The summed E-state index contributed by atoms with van der Waals surface area (Å²) >= 11 is 1.59. The van der Waals surface area contributed by atoms with Crippen LogP contribution in [0.5, 0.6) is 0 Å². The van der Waals surface area contributed by atoms with Crippen molar-refractivity contribution in [3.8, 4) is 11.4 Å². The first-order chi connectivity index (χ1) is 8.34. The molecule has 0 amide bonds. The Kier molecular flexibility index (Phi) is 2.76. The van der Waals surface area contributed by atoms with Gasteiger partial charge in [0.1, 0.15) is 5.78 Å². The quantitative estimate of drug-likeness (QED) is 0.819. The molecular weight excluding hydrogens is 236 g/mol. The summed E-state index contributed by atoms with van der Waals surface area (Å²) in [7, 11) is 0. The number of thiophene rings is 1. The van der Waals surface area contributed by atoms with Crippen LogP contribution in [0.2, 0.25) is 0 Å². The summed E-state index contributed by atoms with van der Waals surface area (Å²) in [6.45, 7) is 0. The van der Waals surface area contributed by atoms with E-state index < -0.39 is 0 Å². The molecule has 4 nitrogen and oxygen atoms in total. The van der Waals surface area contributed by atoms with E-state index in [1.54, 1.807) is 11.3 Å². The van der Waals surface area contributed by atoms with E-state index in [1.807, 2.05) is 16.8 Å². The first-order valence-electron chi connectivity index (χ1n) is 5.73. The van der Waals surface area contributed by atoms with Gasteiger partial charge in [-0.1, -0.05) is 11.6 Å². The van der Waals surface area contributed by atoms with E-state index in [9.17, 15) is 4.79 Å². The monoisotopic (exact) mass is 248 g/mol. The van der Waals surface area contributed by atoms with Crippen molar-refractivity contribution in [2.24, 2.45) is 0 Å². The molecule has 1 aliphatic carbocycles. The summed E-state index contributed by atoms with van der Waals surface area (Å²) < 4.78 is 5.22. The van der Waals surface area contributed by atoms with Gasteiger partial charge in [-0.25, -0.2) is 0 Å². The summed E-state index contributed by atoms with van der Waals surface area (Å²) in [6, 6.07) is 1.95. The average Bonchev–Trinajstić information content (AvgIpc) is 3.00. The third-order valence-corrected chi connectivity index (χ3v) is 3.76. The molecule has 0 saturated heterocycles. The van der Waals surface area contributed by atoms with Crippen LogP contribution in [0.1, 0.15) is 37.5 Å². The van der Waals surface area contributed by atoms with Crippen LogP contribution in [0.15, 0.2) is 21.3 Å². The van der Waals surface area contributed by atoms with E-state index >= 15 is 0 Å². The van der Waals surface area contributed by atoms with Crippen molar-refractivity contribution < 1.29 is 9.32 Å². The SMILES string of the molecule is O=C1CCCCC1c1nc(-c2ccsc2)no1. The normalized spacial score (nSPS) is 20.7. The van der Waals surface area contributed by atoms with Gasteiger partial charge in [-0.15, -0.1) is 0 Å². The minimum absolute atomic E-state index is 0.177. The fourth-order valence-electron chi connectivity index (χ4n) is 2.13. The molecule has 0 radical (unpaired) electrons. The fourth-order valence-corrected chi connectivity index (χ4v) is 2.76. The third-order valence-electron chi connectivity index (χ3n) is 3.07. The molecule has 1 fully saturated rings. The Bertz CT molecular complexity index is 518. The third kappa shape index (κ3) is 2.02. The zero-order valence-electron chi connectivity index (χ0n) is 9.26. The molecule has 1 unspecified atom stereocenters. The Morgan fingerprint density at radius 3 is 3.12 bits per heavy atom.